The molecule has 1 amide bonds. The number of halogens is 1. The van der Waals surface area contributed by atoms with Crippen LogP contribution in [0.1, 0.15) is 30.6 Å². The molecule has 2 atom stereocenters. The summed E-state index contributed by atoms with van der Waals surface area (Å²) in [6.45, 7) is 5.15. The lowest BCUT2D eigenvalue weighted by Gasteiger charge is -2.21. The van der Waals surface area contributed by atoms with Crippen LogP contribution < -0.4 is 0 Å². The van der Waals surface area contributed by atoms with Gasteiger partial charge in [0.1, 0.15) is 4.60 Å². The van der Waals surface area contributed by atoms with Crippen molar-refractivity contribution in [1.82, 2.24) is 9.88 Å². The number of amides is 1. The van der Waals surface area contributed by atoms with E-state index in [1.807, 2.05) is 11.0 Å². The Labute approximate surface area is 104 Å². The number of hydrogen-bond acceptors (Lipinski definition) is 2. The van der Waals surface area contributed by atoms with Crippen molar-refractivity contribution in [2.45, 2.75) is 26.3 Å². The number of pyridine rings is 1. The number of carbonyl (C=O) groups excluding carboxylic acids is 1. The van der Waals surface area contributed by atoms with Crippen LogP contribution >= 0.6 is 15.9 Å². The van der Waals surface area contributed by atoms with Crippen LogP contribution in [-0.4, -0.2) is 28.4 Å². The van der Waals surface area contributed by atoms with Gasteiger partial charge in [-0.15, -0.1) is 0 Å². The van der Waals surface area contributed by atoms with Crippen LogP contribution in [0.15, 0.2) is 22.9 Å². The van der Waals surface area contributed by atoms with E-state index >= 15 is 0 Å². The Balaban J connectivity index is 2.16. The van der Waals surface area contributed by atoms with Gasteiger partial charge >= 0.3 is 0 Å². The SMILES string of the molecule is CC1CC(C)N(C(=O)c2ccc(Br)nc2)C1. The third kappa shape index (κ3) is 2.26. The molecule has 2 unspecified atom stereocenters. The molecule has 0 spiro atoms. The highest BCUT2D eigenvalue weighted by Gasteiger charge is 2.30. The number of likely N-dealkylation sites (tertiary alicyclic amines) is 1. The molecule has 86 valence electrons. The molecule has 1 aliphatic heterocycles. The zero-order valence-corrected chi connectivity index (χ0v) is 11.1. The molecule has 1 aliphatic rings. The maximum Gasteiger partial charge on any atom is 0.255 e. The number of nitrogens with zero attached hydrogens (tertiary/aromatic N) is 2. The van der Waals surface area contributed by atoms with Gasteiger partial charge in [0.05, 0.1) is 5.56 Å². The van der Waals surface area contributed by atoms with E-state index in [4.69, 9.17) is 0 Å². The summed E-state index contributed by atoms with van der Waals surface area (Å²) in [5, 5.41) is 0. The molecule has 0 bridgehead atoms. The summed E-state index contributed by atoms with van der Waals surface area (Å²) in [5.74, 6) is 0.694. The van der Waals surface area contributed by atoms with Gasteiger partial charge in [0.15, 0.2) is 0 Å². The molecule has 0 radical (unpaired) electrons. The summed E-state index contributed by atoms with van der Waals surface area (Å²) in [6.07, 6.45) is 2.72. The van der Waals surface area contributed by atoms with Gasteiger partial charge in [0.2, 0.25) is 0 Å². The van der Waals surface area contributed by atoms with Gasteiger partial charge in [-0.1, -0.05) is 6.92 Å². The van der Waals surface area contributed by atoms with E-state index in [1.54, 1.807) is 12.3 Å². The van der Waals surface area contributed by atoms with Crippen LogP contribution in [0.2, 0.25) is 0 Å². The minimum Gasteiger partial charge on any atom is -0.336 e. The van der Waals surface area contributed by atoms with Crippen molar-refractivity contribution >= 4 is 21.8 Å². The Bertz CT molecular complexity index is 391. The van der Waals surface area contributed by atoms with Gasteiger partial charge in [0, 0.05) is 18.8 Å². The van der Waals surface area contributed by atoms with Crippen LogP contribution in [0, 0.1) is 5.92 Å². The second-order valence-corrected chi connectivity index (χ2v) is 5.33. The Kier molecular flexibility index (Phi) is 3.28. The molecular formula is C12H15BrN2O. The number of rotatable bonds is 1. The lowest BCUT2D eigenvalue weighted by atomic mass is 10.1. The Morgan fingerprint density at radius 3 is 2.75 bits per heavy atom. The molecular weight excluding hydrogens is 268 g/mol. The van der Waals surface area contributed by atoms with Crippen LogP contribution in [0.4, 0.5) is 0 Å². The van der Waals surface area contributed by atoms with Gasteiger partial charge in [-0.3, -0.25) is 4.79 Å². The highest BCUT2D eigenvalue weighted by atomic mass is 79.9. The molecule has 2 heterocycles. The molecule has 4 heteroatoms. The minimum atomic E-state index is 0.0943. The largest absolute Gasteiger partial charge is 0.336 e. The lowest BCUT2D eigenvalue weighted by Crippen LogP contribution is -2.33. The van der Waals surface area contributed by atoms with E-state index < -0.39 is 0 Å². The van der Waals surface area contributed by atoms with Crippen LogP contribution in [-0.2, 0) is 0 Å². The summed E-state index contributed by atoms with van der Waals surface area (Å²) >= 11 is 3.26. The molecule has 2 rings (SSSR count). The molecule has 0 saturated carbocycles. The fraction of sp³-hybridized carbons (Fsp3) is 0.500. The van der Waals surface area contributed by atoms with Crippen molar-refractivity contribution in [2.24, 2.45) is 5.92 Å². The normalized spacial score (nSPS) is 24.8. The second kappa shape index (κ2) is 4.53. The quantitative estimate of drug-likeness (QED) is 0.742. The van der Waals surface area contributed by atoms with Gasteiger partial charge < -0.3 is 4.90 Å². The van der Waals surface area contributed by atoms with Crippen molar-refractivity contribution in [1.29, 1.82) is 0 Å². The first-order valence-electron chi connectivity index (χ1n) is 5.50. The smallest absolute Gasteiger partial charge is 0.255 e. The molecule has 1 saturated heterocycles. The molecule has 1 aromatic heterocycles. The third-order valence-electron chi connectivity index (χ3n) is 3.02. The van der Waals surface area contributed by atoms with E-state index in [-0.39, 0.29) is 5.91 Å². The monoisotopic (exact) mass is 282 g/mol. The van der Waals surface area contributed by atoms with Crippen molar-refractivity contribution in [3.05, 3.63) is 28.5 Å². The van der Waals surface area contributed by atoms with Gasteiger partial charge in [-0.05, 0) is 47.3 Å². The lowest BCUT2D eigenvalue weighted by molar-refractivity contribution is 0.0743. The molecule has 1 fully saturated rings. The highest BCUT2D eigenvalue weighted by molar-refractivity contribution is 9.10. The highest BCUT2D eigenvalue weighted by Crippen LogP contribution is 2.24. The maximum atomic E-state index is 12.2. The standard InChI is InChI=1S/C12H15BrN2O/c1-8-5-9(2)15(7-8)12(16)10-3-4-11(13)14-6-10/h3-4,6,8-9H,5,7H2,1-2H3. The summed E-state index contributed by atoms with van der Waals surface area (Å²) in [6, 6.07) is 3.96. The Morgan fingerprint density at radius 1 is 1.50 bits per heavy atom. The topological polar surface area (TPSA) is 33.2 Å². The van der Waals surface area contributed by atoms with E-state index in [0.29, 0.717) is 17.5 Å². The predicted octanol–water partition coefficient (Wildman–Crippen LogP) is 2.71. The van der Waals surface area contributed by atoms with Crippen LogP contribution in [0.3, 0.4) is 0 Å². The zero-order chi connectivity index (χ0) is 11.7. The van der Waals surface area contributed by atoms with Gasteiger partial charge in [-0.25, -0.2) is 4.98 Å². The van der Waals surface area contributed by atoms with Crippen LogP contribution in [0.25, 0.3) is 0 Å². The average Bonchev–Trinajstić information content (AvgIpc) is 2.58. The minimum absolute atomic E-state index is 0.0943. The molecule has 0 aliphatic carbocycles. The van der Waals surface area contributed by atoms with E-state index in [1.165, 1.54) is 0 Å². The van der Waals surface area contributed by atoms with E-state index in [0.717, 1.165) is 17.6 Å². The number of hydrogen-bond donors (Lipinski definition) is 0. The molecule has 1 aromatic rings. The summed E-state index contributed by atoms with van der Waals surface area (Å²) in [7, 11) is 0. The molecule has 16 heavy (non-hydrogen) atoms. The van der Waals surface area contributed by atoms with Gasteiger partial charge in [0.25, 0.3) is 5.91 Å². The molecule has 0 aromatic carbocycles. The fourth-order valence-electron chi connectivity index (χ4n) is 2.25. The first-order chi connectivity index (χ1) is 7.58. The fourth-order valence-corrected chi connectivity index (χ4v) is 2.49. The maximum absolute atomic E-state index is 12.2. The van der Waals surface area contributed by atoms with E-state index in [2.05, 4.69) is 34.8 Å². The van der Waals surface area contributed by atoms with Gasteiger partial charge in [-0.2, -0.15) is 0 Å². The van der Waals surface area contributed by atoms with Crippen molar-refractivity contribution < 1.29 is 4.79 Å². The molecule has 0 N–H and O–H groups in total. The summed E-state index contributed by atoms with van der Waals surface area (Å²) < 4.78 is 0.756. The Hall–Kier alpha value is -0.900. The summed E-state index contributed by atoms with van der Waals surface area (Å²) in [5.41, 5.74) is 0.671. The van der Waals surface area contributed by atoms with Crippen LogP contribution in [0.5, 0.6) is 0 Å². The van der Waals surface area contributed by atoms with Crippen molar-refractivity contribution in [3.8, 4) is 0 Å². The summed E-state index contributed by atoms with van der Waals surface area (Å²) in [4.78, 5) is 18.2. The third-order valence-corrected chi connectivity index (χ3v) is 3.49. The Morgan fingerprint density at radius 2 is 2.25 bits per heavy atom. The average molecular weight is 283 g/mol. The first-order valence-corrected chi connectivity index (χ1v) is 6.29. The van der Waals surface area contributed by atoms with Crippen molar-refractivity contribution in [2.75, 3.05) is 6.54 Å². The van der Waals surface area contributed by atoms with E-state index in [9.17, 15) is 4.79 Å². The molecule has 3 nitrogen and oxygen atoms in total. The number of carbonyl (C=O) groups is 1. The zero-order valence-electron chi connectivity index (χ0n) is 9.48. The predicted molar refractivity (Wildman–Crippen MR) is 66.2 cm³/mol. The van der Waals surface area contributed by atoms with Crippen molar-refractivity contribution in [3.63, 3.8) is 0 Å². The second-order valence-electron chi connectivity index (χ2n) is 4.52. The first kappa shape index (κ1) is 11.6. The number of aromatic nitrogens is 1.